The Labute approximate surface area is 115 Å². The lowest BCUT2D eigenvalue weighted by atomic mass is 10.1. The molecule has 1 aromatic carbocycles. The molecule has 1 amide bonds. The fourth-order valence-electron chi connectivity index (χ4n) is 1.71. The van der Waals surface area contributed by atoms with Crippen LogP contribution in [-0.2, 0) is 0 Å². The van der Waals surface area contributed by atoms with Crippen molar-refractivity contribution in [3.63, 3.8) is 0 Å². The van der Waals surface area contributed by atoms with Gasteiger partial charge in [-0.25, -0.2) is 9.37 Å². The molecule has 0 aliphatic carbocycles. The van der Waals surface area contributed by atoms with Crippen LogP contribution in [0.4, 0.5) is 4.39 Å². The Balaban J connectivity index is 2.13. The first kappa shape index (κ1) is 13.5. The molecule has 1 heterocycles. The zero-order valence-corrected chi connectivity index (χ0v) is 11.0. The second-order valence-corrected chi connectivity index (χ2v) is 4.44. The van der Waals surface area contributed by atoms with Gasteiger partial charge >= 0.3 is 0 Å². The first-order chi connectivity index (χ1) is 9.11. The fourth-order valence-corrected chi connectivity index (χ4v) is 1.89. The first-order valence-electron chi connectivity index (χ1n) is 5.87. The van der Waals surface area contributed by atoms with Crippen LogP contribution < -0.4 is 5.32 Å². The largest absolute Gasteiger partial charge is 0.347 e. The molecular weight excluding hydrogens is 269 g/mol. The van der Waals surface area contributed by atoms with Crippen LogP contribution in [0.25, 0.3) is 0 Å². The van der Waals surface area contributed by atoms with Gasteiger partial charge in [-0.05, 0) is 24.6 Å². The highest BCUT2D eigenvalue weighted by molar-refractivity contribution is 6.31. The molecule has 100 valence electrons. The van der Waals surface area contributed by atoms with Gasteiger partial charge in [0.15, 0.2) is 0 Å². The summed E-state index contributed by atoms with van der Waals surface area (Å²) in [6.07, 6.45) is 4.01. The van der Waals surface area contributed by atoms with Crippen LogP contribution in [0.3, 0.4) is 0 Å². The Morgan fingerprint density at radius 3 is 2.95 bits per heavy atom. The third-order valence-electron chi connectivity index (χ3n) is 2.74. The van der Waals surface area contributed by atoms with Crippen molar-refractivity contribution in [1.82, 2.24) is 15.3 Å². The molecule has 2 rings (SSSR count). The molecule has 0 saturated heterocycles. The Morgan fingerprint density at radius 1 is 1.58 bits per heavy atom. The monoisotopic (exact) mass is 281 g/mol. The quantitative estimate of drug-likeness (QED) is 0.905. The van der Waals surface area contributed by atoms with Crippen molar-refractivity contribution in [2.75, 3.05) is 0 Å². The van der Waals surface area contributed by atoms with Gasteiger partial charge in [-0.3, -0.25) is 4.79 Å². The zero-order chi connectivity index (χ0) is 13.8. The van der Waals surface area contributed by atoms with Crippen molar-refractivity contribution in [3.05, 3.63) is 52.8 Å². The van der Waals surface area contributed by atoms with Gasteiger partial charge in [0.05, 0.1) is 11.1 Å². The number of carbonyl (C=O) groups is 1. The molecule has 1 atom stereocenters. The van der Waals surface area contributed by atoms with Crippen molar-refractivity contribution >= 4 is 17.5 Å². The summed E-state index contributed by atoms with van der Waals surface area (Å²) in [5, 5.41) is 2.75. The van der Waals surface area contributed by atoms with E-state index in [1.54, 1.807) is 12.4 Å². The molecule has 0 fully saturated rings. The van der Waals surface area contributed by atoms with Gasteiger partial charge in [-0.1, -0.05) is 18.5 Å². The summed E-state index contributed by atoms with van der Waals surface area (Å²) in [7, 11) is 0. The lowest BCUT2D eigenvalue weighted by Gasteiger charge is -2.14. The molecule has 2 N–H and O–H groups in total. The Hall–Kier alpha value is -1.88. The number of halogens is 2. The van der Waals surface area contributed by atoms with E-state index in [1.165, 1.54) is 18.2 Å². The minimum atomic E-state index is -0.545. The number of rotatable bonds is 4. The maximum atomic E-state index is 13.0. The highest BCUT2D eigenvalue weighted by Crippen LogP contribution is 2.17. The van der Waals surface area contributed by atoms with Crippen LogP contribution in [0.2, 0.25) is 5.02 Å². The zero-order valence-electron chi connectivity index (χ0n) is 10.3. The predicted molar refractivity (Wildman–Crippen MR) is 70.5 cm³/mol. The predicted octanol–water partition coefficient (Wildman–Crippen LogP) is 3.08. The summed E-state index contributed by atoms with van der Waals surface area (Å²) in [5.41, 5.74) is 0.316. The second kappa shape index (κ2) is 5.84. The van der Waals surface area contributed by atoms with E-state index in [0.717, 1.165) is 0 Å². The summed E-state index contributed by atoms with van der Waals surface area (Å²) in [6, 6.07) is 3.66. The van der Waals surface area contributed by atoms with Crippen molar-refractivity contribution < 1.29 is 9.18 Å². The lowest BCUT2D eigenvalue weighted by Crippen LogP contribution is -2.28. The second-order valence-electron chi connectivity index (χ2n) is 4.04. The highest BCUT2D eigenvalue weighted by Gasteiger charge is 2.16. The topological polar surface area (TPSA) is 57.8 Å². The number of imidazole rings is 1. The molecule has 0 spiro atoms. The van der Waals surface area contributed by atoms with Crippen molar-refractivity contribution in [3.8, 4) is 0 Å². The van der Waals surface area contributed by atoms with E-state index < -0.39 is 5.82 Å². The number of nitrogens with zero attached hydrogens (tertiary/aromatic N) is 1. The Kier molecular flexibility index (Phi) is 4.16. The molecule has 0 bridgehead atoms. The molecule has 4 nitrogen and oxygen atoms in total. The molecule has 19 heavy (non-hydrogen) atoms. The standard InChI is InChI=1S/C13H13ClFN3O/c1-2-11(12-16-5-6-17-12)18-13(19)8-3-4-10(15)9(14)7-8/h3-7,11H,2H2,1H3,(H,16,17)(H,18,19). The highest BCUT2D eigenvalue weighted by atomic mass is 35.5. The van der Waals surface area contributed by atoms with E-state index in [2.05, 4.69) is 15.3 Å². The number of aromatic amines is 1. The number of aromatic nitrogens is 2. The van der Waals surface area contributed by atoms with Gasteiger partial charge < -0.3 is 10.3 Å². The van der Waals surface area contributed by atoms with Crippen LogP contribution in [-0.4, -0.2) is 15.9 Å². The molecular formula is C13H13ClFN3O. The van der Waals surface area contributed by atoms with Crippen molar-refractivity contribution in [1.29, 1.82) is 0 Å². The van der Waals surface area contributed by atoms with E-state index in [9.17, 15) is 9.18 Å². The maximum absolute atomic E-state index is 13.0. The van der Waals surface area contributed by atoms with Crippen LogP contribution in [0.1, 0.15) is 35.6 Å². The number of nitrogens with one attached hydrogen (secondary N) is 2. The summed E-state index contributed by atoms with van der Waals surface area (Å²) in [4.78, 5) is 19.1. The number of carbonyl (C=O) groups excluding carboxylic acids is 1. The van der Waals surface area contributed by atoms with Gasteiger partial charge in [0.1, 0.15) is 11.6 Å². The lowest BCUT2D eigenvalue weighted by molar-refractivity contribution is 0.0934. The number of hydrogen-bond acceptors (Lipinski definition) is 2. The average Bonchev–Trinajstić information content (AvgIpc) is 2.92. The number of amides is 1. The normalized spacial score (nSPS) is 12.2. The maximum Gasteiger partial charge on any atom is 0.251 e. The smallest absolute Gasteiger partial charge is 0.251 e. The fraction of sp³-hybridized carbons (Fsp3) is 0.231. The molecule has 1 unspecified atom stereocenters. The molecule has 6 heteroatoms. The van der Waals surface area contributed by atoms with Gasteiger partial charge in [0, 0.05) is 18.0 Å². The van der Waals surface area contributed by atoms with Crippen molar-refractivity contribution in [2.24, 2.45) is 0 Å². The number of benzene rings is 1. The van der Waals surface area contributed by atoms with Gasteiger partial charge in [0.2, 0.25) is 0 Å². The van der Waals surface area contributed by atoms with E-state index in [1.807, 2.05) is 6.92 Å². The molecule has 0 radical (unpaired) electrons. The summed E-state index contributed by atoms with van der Waals surface area (Å²) in [6.45, 7) is 1.94. The van der Waals surface area contributed by atoms with Gasteiger partial charge in [-0.2, -0.15) is 0 Å². The van der Waals surface area contributed by atoms with Crippen LogP contribution >= 0.6 is 11.6 Å². The molecule has 2 aromatic rings. The van der Waals surface area contributed by atoms with Gasteiger partial charge in [-0.15, -0.1) is 0 Å². The minimum Gasteiger partial charge on any atom is -0.347 e. The molecule has 0 aliphatic heterocycles. The first-order valence-corrected chi connectivity index (χ1v) is 6.24. The summed E-state index contributed by atoms with van der Waals surface area (Å²) in [5.74, 6) is -0.175. The summed E-state index contributed by atoms with van der Waals surface area (Å²) < 4.78 is 13.0. The van der Waals surface area contributed by atoms with Crippen molar-refractivity contribution in [2.45, 2.75) is 19.4 Å². The van der Waals surface area contributed by atoms with E-state index in [-0.39, 0.29) is 17.0 Å². The van der Waals surface area contributed by atoms with Crippen LogP contribution in [0, 0.1) is 5.82 Å². The van der Waals surface area contributed by atoms with E-state index >= 15 is 0 Å². The number of hydrogen-bond donors (Lipinski definition) is 2. The number of H-pyrrole nitrogens is 1. The van der Waals surface area contributed by atoms with E-state index in [0.29, 0.717) is 17.8 Å². The Bertz CT molecular complexity index is 571. The average molecular weight is 282 g/mol. The third-order valence-corrected chi connectivity index (χ3v) is 3.03. The van der Waals surface area contributed by atoms with Gasteiger partial charge in [0.25, 0.3) is 5.91 Å². The summed E-state index contributed by atoms with van der Waals surface area (Å²) >= 11 is 5.65. The minimum absolute atomic E-state index is 0.0707. The molecule has 1 aromatic heterocycles. The third kappa shape index (κ3) is 3.12. The Morgan fingerprint density at radius 2 is 2.37 bits per heavy atom. The van der Waals surface area contributed by atoms with Crippen LogP contribution in [0.15, 0.2) is 30.6 Å². The molecule has 0 saturated carbocycles. The molecule has 0 aliphatic rings. The van der Waals surface area contributed by atoms with Crippen LogP contribution in [0.5, 0.6) is 0 Å². The van der Waals surface area contributed by atoms with E-state index in [4.69, 9.17) is 11.6 Å². The SMILES string of the molecule is CCC(NC(=O)c1ccc(F)c(Cl)c1)c1ncc[nH]1.